The highest BCUT2D eigenvalue weighted by Crippen LogP contribution is 2.29. The predicted molar refractivity (Wildman–Crippen MR) is 85.3 cm³/mol. The number of hydrogen-bond donors (Lipinski definition) is 2. The molecule has 0 spiro atoms. The molecule has 0 unspecified atom stereocenters. The highest BCUT2D eigenvalue weighted by atomic mass is 15.2. The molecule has 2 N–H and O–H groups in total. The third kappa shape index (κ3) is 2.48. The zero-order chi connectivity index (χ0) is 14.1. The number of benzene rings is 1. The lowest BCUT2D eigenvalue weighted by Gasteiger charge is -2.27. The number of rotatable bonds is 3. The van der Waals surface area contributed by atoms with Crippen LogP contribution in [0, 0.1) is 6.92 Å². The van der Waals surface area contributed by atoms with Crippen molar-refractivity contribution in [3.63, 3.8) is 0 Å². The van der Waals surface area contributed by atoms with Crippen LogP contribution in [-0.2, 0) is 6.54 Å². The van der Waals surface area contributed by atoms with Crippen LogP contribution in [0.1, 0.15) is 36.6 Å². The average Bonchev–Trinajstić information content (AvgIpc) is 2.76. The average molecular weight is 271 g/mol. The van der Waals surface area contributed by atoms with E-state index in [1.807, 2.05) is 0 Å². The van der Waals surface area contributed by atoms with Crippen LogP contribution in [0.4, 0.5) is 0 Å². The molecule has 2 aromatic rings. The molecule has 0 atom stereocenters. The third-order valence-electron chi connectivity index (χ3n) is 4.40. The van der Waals surface area contributed by atoms with E-state index < -0.39 is 0 Å². The second-order valence-electron chi connectivity index (χ2n) is 6.18. The number of hydrogen-bond acceptors (Lipinski definition) is 2. The molecule has 1 aromatic heterocycles. The smallest absolute Gasteiger partial charge is 0.0494 e. The van der Waals surface area contributed by atoms with E-state index >= 15 is 0 Å². The van der Waals surface area contributed by atoms with Gasteiger partial charge in [-0.15, -0.1) is 0 Å². The molecular weight excluding hydrogens is 246 g/mol. The first-order valence-corrected chi connectivity index (χ1v) is 7.70. The Labute approximate surface area is 121 Å². The first-order valence-electron chi connectivity index (χ1n) is 7.70. The van der Waals surface area contributed by atoms with Crippen molar-refractivity contribution in [1.29, 1.82) is 0 Å². The summed E-state index contributed by atoms with van der Waals surface area (Å²) in [6, 6.07) is 6.71. The monoisotopic (exact) mass is 271 g/mol. The molecule has 1 saturated heterocycles. The van der Waals surface area contributed by atoms with Crippen molar-refractivity contribution in [1.82, 2.24) is 15.2 Å². The Bertz CT molecular complexity index is 592. The number of nitrogens with zero attached hydrogens (tertiary/aromatic N) is 1. The topological polar surface area (TPSA) is 31.1 Å². The summed E-state index contributed by atoms with van der Waals surface area (Å²) >= 11 is 0. The third-order valence-corrected chi connectivity index (χ3v) is 4.40. The maximum absolute atomic E-state index is 3.62. The van der Waals surface area contributed by atoms with Crippen LogP contribution in [0.3, 0.4) is 0 Å². The quantitative estimate of drug-likeness (QED) is 0.899. The summed E-state index contributed by atoms with van der Waals surface area (Å²) in [5, 5.41) is 4.83. The molecule has 1 aliphatic heterocycles. The van der Waals surface area contributed by atoms with Crippen molar-refractivity contribution in [3.05, 3.63) is 35.0 Å². The van der Waals surface area contributed by atoms with Crippen LogP contribution in [0.2, 0.25) is 0 Å². The molecule has 0 aliphatic carbocycles. The van der Waals surface area contributed by atoms with E-state index in [4.69, 9.17) is 0 Å². The Morgan fingerprint density at radius 2 is 1.95 bits per heavy atom. The summed E-state index contributed by atoms with van der Waals surface area (Å²) < 4.78 is 0. The van der Waals surface area contributed by atoms with Gasteiger partial charge in [0, 0.05) is 49.3 Å². The maximum Gasteiger partial charge on any atom is 0.0494 e. The van der Waals surface area contributed by atoms with E-state index in [9.17, 15) is 0 Å². The van der Waals surface area contributed by atoms with Crippen LogP contribution in [0.5, 0.6) is 0 Å². The fourth-order valence-corrected chi connectivity index (χ4v) is 3.20. The lowest BCUT2D eigenvalue weighted by atomic mass is 9.99. The van der Waals surface area contributed by atoms with Gasteiger partial charge in [-0.25, -0.2) is 0 Å². The summed E-state index contributed by atoms with van der Waals surface area (Å²) in [4.78, 5) is 6.17. The van der Waals surface area contributed by atoms with Crippen LogP contribution < -0.4 is 5.32 Å². The molecule has 1 aliphatic rings. The van der Waals surface area contributed by atoms with E-state index in [0.29, 0.717) is 5.92 Å². The molecule has 3 heteroatoms. The van der Waals surface area contributed by atoms with Gasteiger partial charge in [-0.05, 0) is 24.0 Å². The van der Waals surface area contributed by atoms with Gasteiger partial charge < -0.3 is 10.3 Å². The summed E-state index contributed by atoms with van der Waals surface area (Å²) in [5.74, 6) is 0.559. The Hall–Kier alpha value is -1.32. The maximum atomic E-state index is 3.62. The Morgan fingerprint density at radius 3 is 2.65 bits per heavy atom. The number of aromatic amines is 1. The number of aryl methyl sites for hydroxylation is 1. The van der Waals surface area contributed by atoms with E-state index in [0.717, 1.165) is 32.7 Å². The number of para-hydroxylation sites is 1. The first kappa shape index (κ1) is 13.7. The van der Waals surface area contributed by atoms with E-state index in [1.165, 1.54) is 27.7 Å². The van der Waals surface area contributed by atoms with E-state index in [-0.39, 0.29) is 0 Å². The fraction of sp³-hybridized carbons (Fsp3) is 0.529. The van der Waals surface area contributed by atoms with Gasteiger partial charge in [-0.3, -0.25) is 4.90 Å². The second-order valence-corrected chi connectivity index (χ2v) is 6.18. The molecule has 0 bridgehead atoms. The molecular formula is C17H25N3. The number of fused-ring (bicyclic) bond motifs is 1. The van der Waals surface area contributed by atoms with Gasteiger partial charge in [0.2, 0.25) is 0 Å². The van der Waals surface area contributed by atoms with Crippen molar-refractivity contribution in [2.75, 3.05) is 26.2 Å². The largest absolute Gasteiger partial charge is 0.358 e. The number of piperazine rings is 1. The molecule has 0 saturated carbocycles. The molecule has 3 nitrogen and oxygen atoms in total. The summed E-state index contributed by atoms with van der Waals surface area (Å²) in [7, 11) is 0. The number of nitrogens with one attached hydrogen (secondary N) is 2. The fourth-order valence-electron chi connectivity index (χ4n) is 3.20. The van der Waals surface area contributed by atoms with Gasteiger partial charge in [0.25, 0.3) is 0 Å². The SMILES string of the molecule is Cc1[nH]c2c(C(C)C)cccc2c1CN1CCNCC1. The van der Waals surface area contributed by atoms with Crippen LogP contribution in [0.15, 0.2) is 18.2 Å². The summed E-state index contributed by atoms with van der Waals surface area (Å²) in [5.41, 5.74) is 5.57. The minimum atomic E-state index is 0.559. The molecule has 20 heavy (non-hydrogen) atoms. The van der Waals surface area contributed by atoms with Gasteiger partial charge in [0.05, 0.1) is 0 Å². The Balaban J connectivity index is 1.98. The van der Waals surface area contributed by atoms with Gasteiger partial charge in [-0.2, -0.15) is 0 Å². The molecule has 108 valence electrons. The van der Waals surface area contributed by atoms with Crippen molar-refractivity contribution in [2.24, 2.45) is 0 Å². The van der Waals surface area contributed by atoms with Crippen LogP contribution in [0.25, 0.3) is 10.9 Å². The predicted octanol–water partition coefficient (Wildman–Crippen LogP) is 3.00. The van der Waals surface area contributed by atoms with Crippen molar-refractivity contribution >= 4 is 10.9 Å². The van der Waals surface area contributed by atoms with E-state index in [1.54, 1.807) is 0 Å². The van der Waals surface area contributed by atoms with Gasteiger partial charge in [0.15, 0.2) is 0 Å². The molecule has 1 aromatic carbocycles. The van der Waals surface area contributed by atoms with Crippen molar-refractivity contribution < 1.29 is 0 Å². The normalized spacial score (nSPS) is 17.2. The Kier molecular flexibility index (Phi) is 3.81. The zero-order valence-corrected chi connectivity index (χ0v) is 12.8. The molecule has 0 radical (unpaired) electrons. The molecule has 1 fully saturated rings. The lowest BCUT2D eigenvalue weighted by molar-refractivity contribution is 0.233. The van der Waals surface area contributed by atoms with Gasteiger partial charge in [0.1, 0.15) is 0 Å². The van der Waals surface area contributed by atoms with Crippen molar-refractivity contribution in [2.45, 2.75) is 33.2 Å². The lowest BCUT2D eigenvalue weighted by Crippen LogP contribution is -2.42. The van der Waals surface area contributed by atoms with E-state index in [2.05, 4.69) is 54.2 Å². The molecule has 3 rings (SSSR count). The first-order chi connectivity index (χ1) is 9.66. The van der Waals surface area contributed by atoms with Crippen LogP contribution in [-0.4, -0.2) is 36.1 Å². The number of aromatic nitrogens is 1. The minimum Gasteiger partial charge on any atom is -0.358 e. The van der Waals surface area contributed by atoms with Crippen molar-refractivity contribution in [3.8, 4) is 0 Å². The highest BCUT2D eigenvalue weighted by Gasteiger charge is 2.16. The van der Waals surface area contributed by atoms with Crippen LogP contribution >= 0.6 is 0 Å². The summed E-state index contributed by atoms with van der Waals surface area (Å²) in [6.07, 6.45) is 0. The van der Waals surface area contributed by atoms with Gasteiger partial charge >= 0.3 is 0 Å². The second kappa shape index (κ2) is 5.58. The standard InChI is InChI=1S/C17H25N3/c1-12(2)14-5-4-6-15-16(13(3)19-17(14)15)11-20-9-7-18-8-10-20/h4-6,12,18-19H,7-11H2,1-3H3. The Morgan fingerprint density at radius 1 is 1.20 bits per heavy atom. The van der Waals surface area contributed by atoms with Gasteiger partial charge in [-0.1, -0.05) is 32.0 Å². The number of H-pyrrole nitrogens is 1. The highest BCUT2D eigenvalue weighted by molar-refractivity contribution is 5.87. The zero-order valence-electron chi connectivity index (χ0n) is 12.8. The summed E-state index contributed by atoms with van der Waals surface area (Å²) in [6.45, 7) is 12.3. The molecule has 0 amide bonds. The minimum absolute atomic E-state index is 0.559. The molecule has 2 heterocycles.